The molecule has 0 radical (unpaired) electrons. The van der Waals surface area contributed by atoms with E-state index in [0.717, 1.165) is 34.1 Å². The number of anilines is 6. The van der Waals surface area contributed by atoms with Gasteiger partial charge in [0.15, 0.2) is 0 Å². The summed E-state index contributed by atoms with van der Waals surface area (Å²) in [7, 11) is 0. The predicted octanol–water partition coefficient (Wildman–Crippen LogP) is 21.8. The summed E-state index contributed by atoms with van der Waals surface area (Å²) in [6.07, 6.45) is 0. The Balaban J connectivity index is 0.818. The van der Waals surface area contributed by atoms with E-state index in [0.29, 0.717) is 0 Å². The van der Waals surface area contributed by atoms with Crippen LogP contribution in [0.5, 0.6) is 0 Å². The fourth-order valence-electron chi connectivity index (χ4n) is 15.5. The van der Waals surface area contributed by atoms with E-state index in [2.05, 4.69) is 319 Å². The van der Waals surface area contributed by atoms with Gasteiger partial charge in [-0.1, -0.05) is 233 Å². The van der Waals surface area contributed by atoms with Crippen LogP contribution in [0.2, 0.25) is 0 Å². The molecule has 12 aromatic carbocycles. The maximum Gasteiger partial charge on any atom is 0.0726 e. The van der Waals surface area contributed by atoms with Crippen LogP contribution < -0.4 is 9.80 Å². The molecule has 0 atom stereocenters. The second-order valence-electron chi connectivity index (χ2n) is 25.0. The summed E-state index contributed by atoms with van der Waals surface area (Å²) in [5.41, 5.74) is 36.0. The number of nitrogens with zero attached hydrogens (tertiary/aromatic N) is 2. The van der Waals surface area contributed by atoms with Gasteiger partial charge in [0.2, 0.25) is 0 Å². The zero-order valence-corrected chi connectivity index (χ0v) is 48.7. The average Bonchev–Trinajstić information content (AvgIpc) is 1.53. The third-order valence-corrected chi connectivity index (χ3v) is 19.5. The highest BCUT2D eigenvalue weighted by Gasteiger charge is 2.52. The van der Waals surface area contributed by atoms with Crippen molar-refractivity contribution >= 4 is 34.1 Å². The van der Waals surface area contributed by atoms with Gasteiger partial charge in [-0.05, 0) is 199 Å². The lowest BCUT2D eigenvalue weighted by Gasteiger charge is -2.32. The van der Waals surface area contributed by atoms with Crippen LogP contribution in [0.3, 0.4) is 0 Å². The van der Waals surface area contributed by atoms with E-state index in [1.807, 2.05) is 0 Å². The molecular formula is C82H64N2. The molecule has 0 heterocycles. The van der Waals surface area contributed by atoms with Gasteiger partial charge in [0.1, 0.15) is 0 Å². The smallest absolute Gasteiger partial charge is 0.0726 e. The number of aryl methyl sites for hydroxylation is 3. The largest absolute Gasteiger partial charge is 0.310 e. The van der Waals surface area contributed by atoms with Crippen LogP contribution in [0.1, 0.15) is 88.9 Å². The molecule has 0 unspecified atom stereocenters. The van der Waals surface area contributed by atoms with E-state index in [1.165, 1.54) is 128 Å². The number of benzene rings is 12. The van der Waals surface area contributed by atoms with Crippen molar-refractivity contribution in [2.24, 2.45) is 0 Å². The number of rotatable bonds is 8. The molecule has 12 aromatic rings. The zero-order chi connectivity index (χ0) is 56.8. The van der Waals surface area contributed by atoms with Gasteiger partial charge < -0.3 is 9.80 Å². The Morgan fingerprint density at radius 2 is 0.631 bits per heavy atom. The summed E-state index contributed by atoms with van der Waals surface area (Å²) >= 11 is 0. The van der Waals surface area contributed by atoms with Gasteiger partial charge in [-0.3, -0.25) is 0 Å². The second kappa shape index (κ2) is 18.4. The molecule has 4 aliphatic rings. The van der Waals surface area contributed by atoms with Crippen molar-refractivity contribution in [3.8, 4) is 66.8 Å². The highest BCUT2D eigenvalue weighted by molar-refractivity contribution is 6.01. The molecule has 0 N–H and O–H groups in total. The zero-order valence-electron chi connectivity index (χ0n) is 48.7. The minimum absolute atomic E-state index is 0.146. The molecule has 0 bridgehead atoms. The Bertz CT molecular complexity index is 4530. The lowest BCUT2D eigenvalue weighted by molar-refractivity contribution is 0.659. The van der Waals surface area contributed by atoms with Gasteiger partial charge in [0, 0.05) is 44.8 Å². The Morgan fingerprint density at radius 3 is 1.15 bits per heavy atom. The van der Waals surface area contributed by atoms with Gasteiger partial charge in [-0.15, -0.1) is 0 Å². The SMILES string of the molecule is Cc1ccc2c(c1)C(C)(C)c1cc(N(c3ccc(-c4ccc(N(c5ccc(-c6ccccc6)cc5)c5cccc6c5-c5ccccc5C65c6ccccc6-c6ccccc65)cc4)c(C)c3)c3ccc4c(c3)C(C)(C)c3cc(C)ccc3-4)ccc1-2. The third kappa shape index (κ3) is 7.16. The summed E-state index contributed by atoms with van der Waals surface area (Å²) < 4.78 is 0. The van der Waals surface area contributed by atoms with Crippen LogP contribution in [0, 0.1) is 20.8 Å². The van der Waals surface area contributed by atoms with Gasteiger partial charge in [-0.2, -0.15) is 0 Å². The van der Waals surface area contributed by atoms with Crippen LogP contribution in [0.25, 0.3) is 66.8 Å². The van der Waals surface area contributed by atoms with Crippen LogP contribution in [-0.4, -0.2) is 0 Å². The maximum atomic E-state index is 2.50. The van der Waals surface area contributed by atoms with E-state index in [1.54, 1.807) is 0 Å². The Labute approximate surface area is 494 Å². The molecule has 84 heavy (non-hydrogen) atoms. The van der Waals surface area contributed by atoms with Gasteiger partial charge in [0.05, 0.1) is 11.1 Å². The summed E-state index contributed by atoms with van der Waals surface area (Å²) in [4.78, 5) is 4.99. The number of hydrogen-bond donors (Lipinski definition) is 0. The first-order valence-corrected chi connectivity index (χ1v) is 29.8. The quantitative estimate of drug-likeness (QED) is 0.150. The van der Waals surface area contributed by atoms with E-state index < -0.39 is 5.41 Å². The highest BCUT2D eigenvalue weighted by atomic mass is 15.2. The van der Waals surface area contributed by atoms with Crippen molar-refractivity contribution in [1.82, 2.24) is 0 Å². The molecule has 0 amide bonds. The molecule has 16 rings (SSSR count). The molecule has 0 saturated carbocycles. The summed E-state index contributed by atoms with van der Waals surface area (Å²) in [5, 5.41) is 0. The Kier molecular flexibility index (Phi) is 10.9. The van der Waals surface area contributed by atoms with Crippen LogP contribution in [-0.2, 0) is 16.2 Å². The molecule has 0 aliphatic heterocycles. The molecular weight excluding hydrogens is 1010 g/mol. The molecule has 402 valence electrons. The minimum atomic E-state index is -0.453. The van der Waals surface area contributed by atoms with Crippen molar-refractivity contribution in [3.05, 3.63) is 322 Å². The van der Waals surface area contributed by atoms with Crippen molar-refractivity contribution in [2.45, 2.75) is 64.7 Å². The first kappa shape index (κ1) is 50.0. The van der Waals surface area contributed by atoms with Crippen LogP contribution in [0.4, 0.5) is 34.1 Å². The normalized spacial score (nSPS) is 14.4. The first-order chi connectivity index (χ1) is 40.9. The third-order valence-electron chi connectivity index (χ3n) is 19.5. The topological polar surface area (TPSA) is 6.48 Å². The molecule has 2 heteroatoms. The highest BCUT2D eigenvalue weighted by Crippen LogP contribution is 2.65. The molecule has 0 aromatic heterocycles. The van der Waals surface area contributed by atoms with Crippen molar-refractivity contribution in [2.75, 3.05) is 9.80 Å². The second-order valence-corrected chi connectivity index (χ2v) is 25.0. The van der Waals surface area contributed by atoms with Crippen molar-refractivity contribution < 1.29 is 0 Å². The molecule has 0 fully saturated rings. The van der Waals surface area contributed by atoms with Gasteiger partial charge in [0.25, 0.3) is 0 Å². The Morgan fingerprint density at radius 1 is 0.250 bits per heavy atom. The van der Waals surface area contributed by atoms with Gasteiger partial charge in [-0.25, -0.2) is 0 Å². The summed E-state index contributed by atoms with van der Waals surface area (Å²) in [5.74, 6) is 0. The summed E-state index contributed by atoms with van der Waals surface area (Å²) in [6.45, 7) is 16.3. The lowest BCUT2D eigenvalue weighted by atomic mass is 9.70. The van der Waals surface area contributed by atoms with E-state index in [9.17, 15) is 0 Å². The monoisotopic (exact) mass is 1080 g/mol. The van der Waals surface area contributed by atoms with Crippen LogP contribution >= 0.6 is 0 Å². The fourth-order valence-corrected chi connectivity index (χ4v) is 15.5. The summed E-state index contributed by atoms with van der Waals surface area (Å²) in [6, 6.07) is 98.8. The number of hydrogen-bond acceptors (Lipinski definition) is 2. The molecule has 4 aliphatic carbocycles. The van der Waals surface area contributed by atoms with Crippen molar-refractivity contribution in [1.29, 1.82) is 0 Å². The van der Waals surface area contributed by atoms with Crippen LogP contribution in [0.15, 0.2) is 261 Å². The van der Waals surface area contributed by atoms with E-state index >= 15 is 0 Å². The first-order valence-electron chi connectivity index (χ1n) is 29.8. The minimum Gasteiger partial charge on any atom is -0.310 e. The van der Waals surface area contributed by atoms with E-state index in [4.69, 9.17) is 0 Å². The lowest BCUT2D eigenvalue weighted by Crippen LogP contribution is -2.26. The number of fused-ring (bicyclic) bond motifs is 16. The molecule has 2 nitrogen and oxygen atoms in total. The fraction of sp³-hybridized carbons (Fsp3) is 0.122. The molecule has 1 spiro atoms. The standard InChI is InChI=1S/C82H64N2/c1-51-28-41-65-67-44-39-60(49-76(67)80(4,5)74(65)46-51)83(61-40-45-68-66-42-29-52(2)47-75(66)81(6,7)77(68)50-61)59-38-43-62(53(3)48-59)56-32-36-58(37-33-56)84(57-34-30-55(31-35-57)54-18-9-8-10-19-54)78-27-17-26-73-79(78)69-22-13-16-25-72(69)82(73)70-23-14-11-20-63(70)64-21-12-15-24-71(64)82/h8-50H,1-7H3. The maximum absolute atomic E-state index is 2.50. The van der Waals surface area contributed by atoms with E-state index in [-0.39, 0.29) is 10.8 Å². The van der Waals surface area contributed by atoms with Crippen molar-refractivity contribution in [3.63, 3.8) is 0 Å². The Hall–Kier alpha value is -9.76. The average molecular weight is 1080 g/mol. The van der Waals surface area contributed by atoms with Gasteiger partial charge >= 0.3 is 0 Å². The predicted molar refractivity (Wildman–Crippen MR) is 352 cm³/mol. The molecule has 0 saturated heterocycles.